The SMILES string of the molecule is NC(=O)c1cccc(OCC(=O)N2CCCC2CCc2ccccc2)c1. The van der Waals surface area contributed by atoms with Crippen molar-refractivity contribution in [2.45, 2.75) is 31.7 Å². The Hall–Kier alpha value is -2.82. The number of rotatable bonds is 7. The van der Waals surface area contributed by atoms with E-state index in [9.17, 15) is 9.59 Å². The molecule has 3 rings (SSSR count). The third-order valence-electron chi connectivity index (χ3n) is 4.79. The summed E-state index contributed by atoms with van der Waals surface area (Å²) in [5.74, 6) is -0.0398. The van der Waals surface area contributed by atoms with Crippen LogP contribution in [0.3, 0.4) is 0 Å². The molecule has 1 atom stereocenters. The summed E-state index contributed by atoms with van der Waals surface area (Å²) in [6, 6.07) is 17.2. The van der Waals surface area contributed by atoms with Crippen LogP contribution < -0.4 is 10.5 Å². The Kier molecular flexibility index (Phi) is 5.89. The molecule has 2 N–H and O–H groups in total. The van der Waals surface area contributed by atoms with Crippen LogP contribution in [0.5, 0.6) is 5.75 Å². The van der Waals surface area contributed by atoms with Crippen molar-refractivity contribution in [1.82, 2.24) is 4.90 Å². The fraction of sp³-hybridized carbons (Fsp3) is 0.333. The second-order valence-corrected chi connectivity index (χ2v) is 6.59. The Morgan fingerprint density at radius 1 is 1.12 bits per heavy atom. The van der Waals surface area contributed by atoms with Crippen molar-refractivity contribution >= 4 is 11.8 Å². The lowest BCUT2D eigenvalue weighted by Gasteiger charge is -2.25. The minimum Gasteiger partial charge on any atom is -0.484 e. The van der Waals surface area contributed by atoms with Gasteiger partial charge in [0.25, 0.3) is 5.91 Å². The lowest BCUT2D eigenvalue weighted by molar-refractivity contribution is -0.134. The van der Waals surface area contributed by atoms with Crippen molar-refractivity contribution < 1.29 is 14.3 Å². The fourth-order valence-corrected chi connectivity index (χ4v) is 3.41. The van der Waals surface area contributed by atoms with Crippen molar-refractivity contribution in [3.63, 3.8) is 0 Å². The number of nitrogens with zero attached hydrogens (tertiary/aromatic N) is 1. The highest BCUT2D eigenvalue weighted by atomic mass is 16.5. The van der Waals surface area contributed by atoms with Gasteiger partial charge in [0.05, 0.1) is 0 Å². The van der Waals surface area contributed by atoms with Gasteiger partial charge in [0.15, 0.2) is 6.61 Å². The van der Waals surface area contributed by atoms with Gasteiger partial charge in [-0.15, -0.1) is 0 Å². The lowest BCUT2D eigenvalue weighted by Crippen LogP contribution is -2.38. The summed E-state index contributed by atoms with van der Waals surface area (Å²) < 4.78 is 5.58. The maximum atomic E-state index is 12.6. The zero-order valence-corrected chi connectivity index (χ0v) is 14.8. The molecule has 0 bridgehead atoms. The van der Waals surface area contributed by atoms with Gasteiger partial charge < -0.3 is 15.4 Å². The number of ether oxygens (including phenoxy) is 1. The van der Waals surface area contributed by atoms with Crippen LogP contribution in [0.15, 0.2) is 54.6 Å². The maximum absolute atomic E-state index is 12.6. The first kappa shape index (κ1) is 18.0. The summed E-state index contributed by atoms with van der Waals surface area (Å²) in [6.07, 6.45) is 4.00. The van der Waals surface area contributed by atoms with E-state index in [0.29, 0.717) is 11.3 Å². The third kappa shape index (κ3) is 4.63. The molecule has 1 aliphatic rings. The number of carbonyl (C=O) groups is 2. The summed E-state index contributed by atoms with van der Waals surface area (Å²) in [4.78, 5) is 25.7. The summed E-state index contributed by atoms with van der Waals surface area (Å²) >= 11 is 0. The van der Waals surface area contributed by atoms with Crippen molar-refractivity contribution in [1.29, 1.82) is 0 Å². The topological polar surface area (TPSA) is 72.6 Å². The maximum Gasteiger partial charge on any atom is 0.260 e. The molecule has 136 valence electrons. The highest BCUT2D eigenvalue weighted by Gasteiger charge is 2.28. The predicted molar refractivity (Wildman–Crippen MR) is 100.0 cm³/mol. The van der Waals surface area contributed by atoms with E-state index in [1.165, 1.54) is 5.56 Å². The quantitative estimate of drug-likeness (QED) is 0.833. The van der Waals surface area contributed by atoms with Crippen molar-refractivity contribution in [3.05, 3.63) is 65.7 Å². The monoisotopic (exact) mass is 352 g/mol. The van der Waals surface area contributed by atoms with Gasteiger partial charge in [0, 0.05) is 18.2 Å². The minimum atomic E-state index is -0.512. The van der Waals surface area contributed by atoms with E-state index in [0.717, 1.165) is 32.2 Å². The first-order valence-corrected chi connectivity index (χ1v) is 8.99. The largest absolute Gasteiger partial charge is 0.484 e. The van der Waals surface area contributed by atoms with E-state index >= 15 is 0 Å². The molecule has 1 saturated heterocycles. The molecule has 0 spiro atoms. The van der Waals surface area contributed by atoms with E-state index in [1.54, 1.807) is 24.3 Å². The second-order valence-electron chi connectivity index (χ2n) is 6.59. The van der Waals surface area contributed by atoms with Crippen LogP contribution in [0.2, 0.25) is 0 Å². The molecule has 2 aromatic carbocycles. The molecule has 0 aliphatic carbocycles. The molecule has 1 unspecified atom stereocenters. The Morgan fingerprint density at radius 3 is 2.69 bits per heavy atom. The number of benzene rings is 2. The van der Waals surface area contributed by atoms with Crippen molar-refractivity contribution in [2.75, 3.05) is 13.2 Å². The number of carbonyl (C=O) groups excluding carboxylic acids is 2. The second kappa shape index (κ2) is 8.52. The normalized spacial score (nSPS) is 16.5. The van der Waals surface area contributed by atoms with Gasteiger partial charge in [-0.3, -0.25) is 9.59 Å². The van der Waals surface area contributed by atoms with Gasteiger partial charge in [-0.2, -0.15) is 0 Å². The molecule has 0 saturated carbocycles. The number of amides is 2. The van der Waals surface area contributed by atoms with Crippen LogP contribution in [0, 0.1) is 0 Å². The van der Waals surface area contributed by atoms with E-state index < -0.39 is 5.91 Å². The molecule has 2 aromatic rings. The van der Waals surface area contributed by atoms with Crippen LogP contribution in [0.1, 0.15) is 35.2 Å². The molecule has 2 amide bonds. The smallest absolute Gasteiger partial charge is 0.260 e. The molecule has 5 nitrogen and oxygen atoms in total. The Balaban J connectivity index is 1.53. The van der Waals surface area contributed by atoms with Gasteiger partial charge >= 0.3 is 0 Å². The average molecular weight is 352 g/mol. The van der Waals surface area contributed by atoms with Gasteiger partial charge in [0.2, 0.25) is 5.91 Å². The molecule has 1 aliphatic heterocycles. The lowest BCUT2D eigenvalue weighted by atomic mass is 10.0. The zero-order chi connectivity index (χ0) is 18.4. The molecule has 0 radical (unpaired) electrons. The Labute approximate surface area is 153 Å². The number of hydrogen-bond acceptors (Lipinski definition) is 3. The first-order chi connectivity index (χ1) is 12.6. The first-order valence-electron chi connectivity index (χ1n) is 8.99. The third-order valence-corrected chi connectivity index (χ3v) is 4.79. The van der Waals surface area contributed by atoms with Gasteiger partial charge in [-0.25, -0.2) is 0 Å². The number of hydrogen-bond donors (Lipinski definition) is 1. The molecular weight excluding hydrogens is 328 g/mol. The molecule has 5 heteroatoms. The van der Waals surface area contributed by atoms with Crippen LogP contribution in [-0.2, 0) is 11.2 Å². The minimum absolute atomic E-state index is 0.00922. The summed E-state index contributed by atoms with van der Waals surface area (Å²) in [5, 5.41) is 0. The number of aryl methyl sites for hydroxylation is 1. The van der Waals surface area contributed by atoms with E-state index in [1.807, 2.05) is 23.1 Å². The highest BCUT2D eigenvalue weighted by Crippen LogP contribution is 2.22. The highest BCUT2D eigenvalue weighted by molar-refractivity contribution is 5.93. The van der Waals surface area contributed by atoms with E-state index in [-0.39, 0.29) is 18.6 Å². The molecule has 26 heavy (non-hydrogen) atoms. The number of primary amides is 1. The van der Waals surface area contributed by atoms with Gasteiger partial charge in [0.1, 0.15) is 5.75 Å². The summed E-state index contributed by atoms with van der Waals surface area (Å²) in [5.41, 5.74) is 6.94. The average Bonchev–Trinajstić information content (AvgIpc) is 3.14. The van der Waals surface area contributed by atoms with Crippen LogP contribution in [0.25, 0.3) is 0 Å². The summed E-state index contributed by atoms with van der Waals surface area (Å²) in [6.45, 7) is 0.757. The van der Waals surface area contributed by atoms with Crippen molar-refractivity contribution in [3.8, 4) is 5.75 Å². The zero-order valence-electron chi connectivity index (χ0n) is 14.8. The standard InChI is InChI=1S/C21H24N2O3/c22-21(25)17-8-4-10-19(14-17)26-15-20(24)23-13-5-9-18(23)12-11-16-6-2-1-3-7-16/h1-4,6-8,10,14,18H,5,9,11-13,15H2,(H2,22,25). The van der Waals surface area contributed by atoms with E-state index in [2.05, 4.69) is 12.1 Å². The fourth-order valence-electron chi connectivity index (χ4n) is 3.41. The van der Waals surface area contributed by atoms with Gasteiger partial charge in [-0.05, 0) is 49.4 Å². The van der Waals surface area contributed by atoms with Crippen LogP contribution in [-0.4, -0.2) is 35.9 Å². The van der Waals surface area contributed by atoms with E-state index in [4.69, 9.17) is 10.5 Å². The van der Waals surface area contributed by atoms with Crippen molar-refractivity contribution in [2.24, 2.45) is 5.73 Å². The van der Waals surface area contributed by atoms with Crippen LogP contribution >= 0.6 is 0 Å². The Bertz CT molecular complexity index is 761. The molecule has 0 aromatic heterocycles. The number of nitrogens with two attached hydrogens (primary N) is 1. The molecular formula is C21H24N2O3. The number of likely N-dealkylation sites (tertiary alicyclic amines) is 1. The van der Waals surface area contributed by atoms with Gasteiger partial charge in [-0.1, -0.05) is 36.4 Å². The summed E-state index contributed by atoms with van der Waals surface area (Å²) in [7, 11) is 0. The van der Waals surface area contributed by atoms with Crippen LogP contribution in [0.4, 0.5) is 0 Å². The Morgan fingerprint density at radius 2 is 1.92 bits per heavy atom. The molecule has 1 heterocycles. The molecule has 1 fully saturated rings. The predicted octanol–water partition coefficient (Wildman–Crippen LogP) is 2.79.